The minimum absolute atomic E-state index is 0.106. The van der Waals surface area contributed by atoms with Crippen LogP contribution in [0, 0.1) is 0 Å². The lowest BCUT2D eigenvalue weighted by Crippen LogP contribution is -2.29. The van der Waals surface area contributed by atoms with E-state index >= 15 is 0 Å². The highest BCUT2D eigenvalue weighted by Crippen LogP contribution is 2.20. The molecular weight excluding hydrogens is 349 g/mol. The maximum absolute atomic E-state index is 12.3. The van der Waals surface area contributed by atoms with Gasteiger partial charge in [0.25, 0.3) is 11.5 Å². The van der Waals surface area contributed by atoms with Crippen LogP contribution in [0.2, 0.25) is 10.0 Å². The molecule has 0 radical (unpaired) electrons. The van der Waals surface area contributed by atoms with Gasteiger partial charge in [-0.25, -0.2) is 4.98 Å². The van der Waals surface area contributed by atoms with Crippen LogP contribution in [-0.2, 0) is 13.6 Å². The number of halogens is 2. The molecule has 5 nitrogen and oxygen atoms in total. The van der Waals surface area contributed by atoms with Crippen LogP contribution in [-0.4, -0.2) is 15.5 Å². The van der Waals surface area contributed by atoms with Gasteiger partial charge in [0.05, 0.1) is 28.0 Å². The maximum atomic E-state index is 12.3. The second kappa shape index (κ2) is 6.63. The van der Waals surface area contributed by atoms with Gasteiger partial charge in [-0.1, -0.05) is 35.3 Å². The monoisotopic (exact) mass is 361 g/mol. The Hall–Kier alpha value is -2.37. The molecule has 0 unspecified atom stereocenters. The highest BCUT2D eigenvalue weighted by Gasteiger charge is 2.13. The number of carbonyl (C=O) groups excluding carboxylic acids is 1. The predicted molar refractivity (Wildman–Crippen MR) is 94.6 cm³/mol. The van der Waals surface area contributed by atoms with Crippen LogP contribution >= 0.6 is 23.2 Å². The van der Waals surface area contributed by atoms with Gasteiger partial charge < -0.3 is 5.32 Å². The number of hydrogen-bond donors (Lipinski definition) is 1. The standard InChI is InChI=1S/C17H13Cl2N3O2/c1-22-15(21-14-5-3-2-4-12(14)17(22)24)9-20-16(23)11-7-6-10(18)8-13(11)19/h2-8H,9H2,1H3,(H,20,23). The van der Waals surface area contributed by atoms with E-state index in [0.29, 0.717) is 27.3 Å². The van der Waals surface area contributed by atoms with Crippen molar-refractivity contribution in [2.75, 3.05) is 0 Å². The summed E-state index contributed by atoms with van der Waals surface area (Å²) < 4.78 is 1.42. The lowest BCUT2D eigenvalue weighted by atomic mass is 10.2. The first-order chi connectivity index (χ1) is 11.5. The zero-order valence-electron chi connectivity index (χ0n) is 12.7. The maximum Gasteiger partial charge on any atom is 0.261 e. The topological polar surface area (TPSA) is 64.0 Å². The van der Waals surface area contributed by atoms with Crippen molar-refractivity contribution in [2.24, 2.45) is 7.05 Å². The van der Waals surface area contributed by atoms with Crippen LogP contribution in [0.25, 0.3) is 10.9 Å². The summed E-state index contributed by atoms with van der Waals surface area (Å²) >= 11 is 11.8. The summed E-state index contributed by atoms with van der Waals surface area (Å²) in [5.41, 5.74) is 0.746. The van der Waals surface area contributed by atoms with Crippen molar-refractivity contribution in [3.63, 3.8) is 0 Å². The van der Waals surface area contributed by atoms with Crippen molar-refractivity contribution in [2.45, 2.75) is 6.54 Å². The number of nitrogens with zero attached hydrogens (tertiary/aromatic N) is 2. The quantitative estimate of drug-likeness (QED) is 0.779. The number of nitrogens with one attached hydrogen (secondary N) is 1. The summed E-state index contributed by atoms with van der Waals surface area (Å²) in [7, 11) is 1.62. The van der Waals surface area contributed by atoms with Crippen LogP contribution in [0.5, 0.6) is 0 Å². The molecule has 1 N–H and O–H groups in total. The highest BCUT2D eigenvalue weighted by molar-refractivity contribution is 6.36. The first-order valence-electron chi connectivity index (χ1n) is 7.15. The lowest BCUT2D eigenvalue weighted by Gasteiger charge is -2.11. The van der Waals surface area contributed by atoms with Crippen molar-refractivity contribution in [3.8, 4) is 0 Å². The van der Waals surface area contributed by atoms with E-state index < -0.39 is 0 Å². The SMILES string of the molecule is Cn1c(CNC(=O)c2ccc(Cl)cc2Cl)nc2ccccc2c1=O. The number of carbonyl (C=O) groups is 1. The molecule has 2 aromatic carbocycles. The zero-order valence-corrected chi connectivity index (χ0v) is 14.2. The second-order valence-electron chi connectivity index (χ2n) is 5.22. The Balaban J connectivity index is 1.87. The number of amides is 1. The van der Waals surface area contributed by atoms with E-state index in [-0.39, 0.29) is 23.0 Å². The van der Waals surface area contributed by atoms with Crippen LogP contribution in [0.15, 0.2) is 47.3 Å². The molecule has 1 heterocycles. The Bertz CT molecular complexity index is 999. The average Bonchev–Trinajstić information content (AvgIpc) is 2.56. The van der Waals surface area contributed by atoms with Gasteiger partial charge in [-0.05, 0) is 30.3 Å². The minimum Gasteiger partial charge on any atom is -0.345 e. The molecule has 0 bridgehead atoms. The van der Waals surface area contributed by atoms with Crippen molar-refractivity contribution in [3.05, 3.63) is 74.3 Å². The van der Waals surface area contributed by atoms with E-state index in [0.717, 1.165) is 0 Å². The van der Waals surface area contributed by atoms with Gasteiger partial charge in [0.1, 0.15) is 5.82 Å². The fraction of sp³-hybridized carbons (Fsp3) is 0.118. The van der Waals surface area contributed by atoms with E-state index in [1.165, 1.54) is 10.6 Å². The highest BCUT2D eigenvalue weighted by atomic mass is 35.5. The number of fused-ring (bicyclic) bond motifs is 1. The van der Waals surface area contributed by atoms with E-state index in [9.17, 15) is 9.59 Å². The number of rotatable bonds is 3. The summed E-state index contributed by atoms with van der Waals surface area (Å²) in [6.07, 6.45) is 0. The van der Waals surface area contributed by atoms with Gasteiger partial charge in [-0.2, -0.15) is 0 Å². The first-order valence-corrected chi connectivity index (χ1v) is 7.91. The predicted octanol–water partition coefficient (Wildman–Crippen LogP) is 3.17. The van der Waals surface area contributed by atoms with E-state index in [1.807, 2.05) is 6.07 Å². The summed E-state index contributed by atoms with van der Waals surface area (Å²) in [5, 5.41) is 3.98. The molecule has 7 heteroatoms. The summed E-state index contributed by atoms with van der Waals surface area (Å²) in [4.78, 5) is 29.0. The Morgan fingerprint density at radius 3 is 2.71 bits per heavy atom. The van der Waals surface area contributed by atoms with Crippen LogP contribution in [0.1, 0.15) is 16.2 Å². The molecule has 0 atom stereocenters. The molecule has 24 heavy (non-hydrogen) atoms. The minimum atomic E-state index is -0.362. The summed E-state index contributed by atoms with van der Waals surface area (Å²) in [5.74, 6) is 0.0937. The van der Waals surface area contributed by atoms with E-state index in [1.54, 1.807) is 37.4 Å². The van der Waals surface area contributed by atoms with Crippen LogP contribution < -0.4 is 10.9 Å². The largest absolute Gasteiger partial charge is 0.345 e. The molecular formula is C17H13Cl2N3O2. The Labute approximate surface area is 147 Å². The number of aromatic nitrogens is 2. The normalized spacial score (nSPS) is 10.8. The zero-order chi connectivity index (χ0) is 17.3. The third-order valence-corrected chi connectivity index (χ3v) is 4.21. The first kappa shape index (κ1) is 16.5. The van der Waals surface area contributed by atoms with E-state index in [2.05, 4.69) is 10.3 Å². The Kier molecular flexibility index (Phi) is 4.55. The molecule has 1 aromatic heterocycles. The lowest BCUT2D eigenvalue weighted by molar-refractivity contribution is 0.0949. The molecule has 0 saturated carbocycles. The van der Waals surface area contributed by atoms with Crippen molar-refractivity contribution >= 4 is 40.0 Å². The van der Waals surface area contributed by atoms with E-state index in [4.69, 9.17) is 23.2 Å². The van der Waals surface area contributed by atoms with Crippen LogP contribution in [0.4, 0.5) is 0 Å². The van der Waals surface area contributed by atoms with Gasteiger partial charge in [0.15, 0.2) is 0 Å². The Morgan fingerprint density at radius 1 is 1.21 bits per heavy atom. The van der Waals surface area contributed by atoms with Crippen molar-refractivity contribution < 1.29 is 4.79 Å². The van der Waals surface area contributed by atoms with Gasteiger partial charge in [-0.3, -0.25) is 14.2 Å². The second-order valence-corrected chi connectivity index (χ2v) is 6.06. The fourth-order valence-electron chi connectivity index (χ4n) is 2.35. The van der Waals surface area contributed by atoms with Gasteiger partial charge >= 0.3 is 0 Å². The molecule has 122 valence electrons. The van der Waals surface area contributed by atoms with Gasteiger partial charge in [0, 0.05) is 12.1 Å². The molecule has 3 rings (SSSR count). The molecule has 0 aliphatic rings. The van der Waals surface area contributed by atoms with Crippen molar-refractivity contribution in [1.29, 1.82) is 0 Å². The third-order valence-electron chi connectivity index (χ3n) is 3.66. The number of para-hydroxylation sites is 1. The number of hydrogen-bond acceptors (Lipinski definition) is 3. The molecule has 3 aromatic rings. The van der Waals surface area contributed by atoms with Gasteiger partial charge in [0.2, 0.25) is 0 Å². The fourth-order valence-corrected chi connectivity index (χ4v) is 2.84. The molecule has 0 fully saturated rings. The molecule has 0 spiro atoms. The Morgan fingerprint density at radius 2 is 1.96 bits per heavy atom. The van der Waals surface area contributed by atoms with Crippen LogP contribution in [0.3, 0.4) is 0 Å². The smallest absolute Gasteiger partial charge is 0.261 e. The average molecular weight is 362 g/mol. The molecule has 1 amide bonds. The van der Waals surface area contributed by atoms with Crippen molar-refractivity contribution in [1.82, 2.24) is 14.9 Å². The third kappa shape index (κ3) is 3.13. The molecule has 0 saturated heterocycles. The molecule has 0 aliphatic carbocycles. The van der Waals surface area contributed by atoms with Gasteiger partial charge in [-0.15, -0.1) is 0 Å². The number of benzene rings is 2. The summed E-state index contributed by atoms with van der Waals surface area (Å²) in [6, 6.07) is 11.7. The molecule has 0 aliphatic heterocycles. The summed E-state index contributed by atoms with van der Waals surface area (Å²) in [6.45, 7) is 0.106.